The maximum absolute atomic E-state index is 13.1. The molecule has 4 heterocycles. The third-order valence-electron chi connectivity index (χ3n) is 5.61. The number of nitrogens with one attached hydrogen (secondary N) is 2. The van der Waals surface area contributed by atoms with Crippen LogP contribution in [0.1, 0.15) is 29.9 Å². The minimum atomic E-state index is -1.92. The van der Waals surface area contributed by atoms with E-state index >= 15 is 0 Å². The van der Waals surface area contributed by atoms with Gasteiger partial charge in [-0.05, 0) is 19.4 Å². The Morgan fingerprint density at radius 2 is 1.86 bits per heavy atom. The van der Waals surface area contributed by atoms with E-state index in [1.165, 1.54) is 5.38 Å². The largest absolute Gasteiger partial charge is 1.00 e. The standard InChI is InChI=1S/C21H20N6O10S4.3Na/c1-21(2,19(35)36)37-25-9(7-5-40-20(22)23-7)13(29)24-10-14(30)27-11(17(33)34)6(3-38-15(10)27)4-39-18-8(16(31)32)12(28)26-41-18;;;/h5,10,15H,3-4H2,1-2H3,(H2,22,23)(H,24,29)(H,26,28)(H,31,32)(H,33,34)(H,35,36);;;/q;3*+1/p-3/b25-9-;;;/t10-,15-;;;/m1.../s1. The van der Waals surface area contributed by atoms with Gasteiger partial charge in [-0.1, -0.05) is 16.7 Å². The number of carboxylic acids is 3. The SMILES string of the molecule is CC(C)(O/N=C(\C(=O)N[C@@H]1C(=O)N2C(C(=O)[O-])=C(CSc3s[nH]c(=O)c3C(=O)[O-])CS[C@H]12)c1csc(N)n1)C(=O)[O-].[Na+].[Na+].[Na+]. The molecule has 23 heteroatoms. The number of hydrogen-bond acceptors (Lipinski definition) is 17. The van der Waals surface area contributed by atoms with Crippen LogP contribution >= 0.6 is 46.4 Å². The fraction of sp³-hybridized carbons (Fsp3) is 0.333. The van der Waals surface area contributed by atoms with Crippen LogP contribution in [0.15, 0.2) is 30.8 Å². The number of nitrogen functional groups attached to an aromatic ring is 1. The Morgan fingerprint density at radius 1 is 1.20 bits per heavy atom. The normalized spacial score (nSPS) is 17.6. The summed E-state index contributed by atoms with van der Waals surface area (Å²) in [5, 5.41) is 41.2. The molecular formula is C21H17N6Na3O10S4. The summed E-state index contributed by atoms with van der Waals surface area (Å²) in [6, 6.07) is -1.20. The number of aromatic amines is 1. The quantitative estimate of drug-likeness (QED) is 0.0643. The summed E-state index contributed by atoms with van der Waals surface area (Å²) in [5.41, 5.74) is 1.54. The van der Waals surface area contributed by atoms with E-state index in [0.717, 1.165) is 65.1 Å². The van der Waals surface area contributed by atoms with Gasteiger partial charge in [0.25, 0.3) is 17.4 Å². The minimum absolute atomic E-state index is 0. The Labute approximate surface area is 331 Å². The first-order chi connectivity index (χ1) is 19.2. The van der Waals surface area contributed by atoms with Crippen molar-refractivity contribution in [3.05, 3.63) is 38.3 Å². The van der Waals surface area contributed by atoms with Crippen molar-refractivity contribution in [1.82, 2.24) is 19.6 Å². The first-order valence-electron chi connectivity index (χ1n) is 11.2. The molecule has 0 aromatic carbocycles. The topological polar surface area (TPSA) is 263 Å². The number of carboxylic acid groups (broad SMARTS) is 3. The Morgan fingerprint density at radius 3 is 2.41 bits per heavy atom. The number of nitrogens with zero attached hydrogens (tertiary/aromatic N) is 3. The maximum Gasteiger partial charge on any atom is 1.00 e. The number of aliphatic carboxylic acids is 2. The van der Waals surface area contributed by atoms with Gasteiger partial charge in [0.2, 0.25) is 0 Å². The molecule has 2 atom stereocenters. The van der Waals surface area contributed by atoms with E-state index < -0.39 is 69.3 Å². The van der Waals surface area contributed by atoms with E-state index in [0.29, 0.717) is 0 Å². The smallest absolute Gasteiger partial charge is 0.546 e. The molecule has 1 fully saturated rings. The second-order valence-corrected chi connectivity index (χ2v) is 12.8. The molecule has 2 amide bonds. The summed E-state index contributed by atoms with van der Waals surface area (Å²) in [6.07, 6.45) is 0. The van der Waals surface area contributed by atoms with Gasteiger partial charge in [-0.25, -0.2) is 4.98 Å². The molecule has 2 aromatic heterocycles. The molecule has 4 rings (SSSR count). The van der Waals surface area contributed by atoms with Gasteiger partial charge < -0.3 is 45.6 Å². The Kier molecular flexibility index (Phi) is 15.7. The number of hydrogen-bond donors (Lipinski definition) is 3. The number of fused-ring (bicyclic) bond motifs is 1. The predicted molar refractivity (Wildman–Crippen MR) is 140 cm³/mol. The zero-order chi connectivity index (χ0) is 30.2. The molecular weight excluding hydrogens is 694 g/mol. The third kappa shape index (κ3) is 8.72. The molecule has 44 heavy (non-hydrogen) atoms. The summed E-state index contributed by atoms with van der Waals surface area (Å²) in [5.74, 6) is -6.72. The van der Waals surface area contributed by atoms with Crippen molar-refractivity contribution >= 4 is 87.0 Å². The van der Waals surface area contributed by atoms with Crippen LogP contribution in [-0.2, 0) is 24.0 Å². The number of rotatable bonds is 11. The molecule has 4 N–H and O–H groups in total. The van der Waals surface area contributed by atoms with Gasteiger partial charge >= 0.3 is 88.7 Å². The number of H-pyrrole nitrogens is 1. The molecule has 218 valence electrons. The number of β-lactam (4-membered cyclic amide) rings is 1. The van der Waals surface area contributed by atoms with Gasteiger partial charge in [0.15, 0.2) is 16.4 Å². The van der Waals surface area contributed by atoms with Gasteiger partial charge in [0.05, 0.1) is 33.4 Å². The number of aromatic carboxylic acids is 1. The third-order valence-corrected chi connectivity index (χ3v) is 9.87. The van der Waals surface area contributed by atoms with Crippen molar-refractivity contribution in [2.45, 2.75) is 35.1 Å². The van der Waals surface area contributed by atoms with E-state index in [4.69, 9.17) is 10.6 Å². The zero-order valence-corrected chi connectivity index (χ0v) is 33.0. The second-order valence-electron chi connectivity index (χ2n) is 8.77. The predicted octanol–water partition coefficient (Wildman–Crippen LogP) is -12.7. The summed E-state index contributed by atoms with van der Waals surface area (Å²) in [7, 11) is 0. The molecule has 2 aliphatic heterocycles. The fourth-order valence-electron chi connectivity index (χ4n) is 3.51. The first kappa shape index (κ1) is 41.1. The van der Waals surface area contributed by atoms with Gasteiger partial charge in [0.1, 0.15) is 17.1 Å². The van der Waals surface area contributed by atoms with E-state index in [9.17, 15) is 44.1 Å². The van der Waals surface area contributed by atoms with Crippen molar-refractivity contribution in [1.29, 1.82) is 0 Å². The van der Waals surface area contributed by atoms with Gasteiger partial charge in [-0.3, -0.25) is 23.7 Å². The Balaban J connectivity index is 0.00000323. The van der Waals surface area contributed by atoms with E-state index in [1.807, 2.05) is 0 Å². The molecule has 1 saturated heterocycles. The van der Waals surface area contributed by atoms with E-state index in [1.54, 1.807) is 0 Å². The molecule has 2 aromatic rings. The number of aromatic nitrogens is 2. The molecule has 0 spiro atoms. The van der Waals surface area contributed by atoms with Crippen LogP contribution in [0.3, 0.4) is 0 Å². The number of carbonyl (C=O) groups is 5. The number of carbonyl (C=O) groups excluding carboxylic acids is 5. The monoisotopic (exact) mass is 710 g/mol. The minimum Gasteiger partial charge on any atom is -0.546 e. The fourth-order valence-corrected chi connectivity index (χ4v) is 7.50. The van der Waals surface area contributed by atoms with Crippen molar-refractivity contribution in [3.63, 3.8) is 0 Å². The van der Waals surface area contributed by atoms with Crippen LogP contribution in [0, 0.1) is 0 Å². The Bertz CT molecular complexity index is 1590. The van der Waals surface area contributed by atoms with Crippen LogP contribution in [0.4, 0.5) is 5.13 Å². The van der Waals surface area contributed by atoms with Crippen LogP contribution in [0.25, 0.3) is 0 Å². The van der Waals surface area contributed by atoms with Crippen LogP contribution in [-0.4, -0.2) is 78.2 Å². The maximum atomic E-state index is 13.1. The second kappa shape index (κ2) is 16.8. The van der Waals surface area contributed by atoms with Crippen molar-refractivity contribution in [2.24, 2.45) is 5.16 Å². The number of nitrogens with two attached hydrogens (primary N) is 1. The molecule has 0 bridgehead atoms. The molecule has 2 aliphatic rings. The Hall–Kier alpha value is -0.880. The average Bonchev–Trinajstić information content (AvgIpc) is 3.50. The molecule has 0 unspecified atom stereocenters. The zero-order valence-electron chi connectivity index (χ0n) is 23.8. The van der Waals surface area contributed by atoms with Gasteiger partial charge in [0, 0.05) is 16.9 Å². The summed E-state index contributed by atoms with van der Waals surface area (Å²) in [4.78, 5) is 82.3. The number of thiazole rings is 1. The number of oxime groups is 1. The van der Waals surface area contributed by atoms with Crippen molar-refractivity contribution in [3.8, 4) is 0 Å². The molecule has 0 saturated carbocycles. The average molecular weight is 711 g/mol. The van der Waals surface area contributed by atoms with E-state index in [-0.39, 0.29) is 121 Å². The van der Waals surface area contributed by atoms with E-state index in [2.05, 4.69) is 19.8 Å². The van der Waals surface area contributed by atoms with Gasteiger partial charge in [-0.15, -0.1) is 34.9 Å². The van der Waals surface area contributed by atoms with Crippen LogP contribution in [0.5, 0.6) is 0 Å². The molecule has 0 radical (unpaired) electrons. The first-order valence-corrected chi connectivity index (χ1v) is 14.9. The number of anilines is 1. The van der Waals surface area contributed by atoms with Gasteiger partial charge in [-0.2, -0.15) is 0 Å². The summed E-state index contributed by atoms with van der Waals surface area (Å²) < 4.78 is 2.35. The summed E-state index contributed by atoms with van der Waals surface area (Å²) in [6.45, 7) is 2.28. The number of thioether (sulfide) groups is 2. The van der Waals surface area contributed by atoms with Crippen LogP contribution < -0.4 is 121 Å². The molecule has 16 nitrogen and oxygen atoms in total. The number of amides is 2. The van der Waals surface area contributed by atoms with Crippen molar-refractivity contribution < 1.29 is 133 Å². The van der Waals surface area contributed by atoms with Crippen molar-refractivity contribution in [2.75, 3.05) is 17.2 Å². The van der Waals surface area contributed by atoms with Crippen LogP contribution in [0.2, 0.25) is 0 Å². The summed E-state index contributed by atoms with van der Waals surface area (Å²) >= 11 is 3.72. The molecule has 0 aliphatic carbocycles.